The van der Waals surface area contributed by atoms with Crippen molar-refractivity contribution in [3.05, 3.63) is 0 Å². The van der Waals surface area contributed by atoms with Crippen molar-refractivity contribution in [3.8, 4) is 0 Å². The Morgan fingerprint density at radius 1 is 1.11 bits per heavy atom. The molecule has 2 bridgehead atoms. The maximum atomic E-state index is 5.40. The van der Waals surface area contributed by atoms with E-state index in [0.717, 1.165) is 25.0 Å². The molecule has 0 aromatic carbocycles. The summed E-state index contributed by atoms with van der Waals surface area (Å²) in [5, 5.41) is 3.41. The number of piperidine rings is 1. The molecule has 0 amide bonds. The van der Waals surface area contributed by atoms with E-state index in [1.54, 1.807) is 0 Å². The summed E-state index contributed by atoms with van der Waals surface area (Å²) in [4.78, 5) is 0. The van der Waals surface area contributed by atoms with E-state index < -0.39 is 0 Å². The first-order valence-electron chi connectivity index (χ1n) is 3.73. The van der Waals surface area contributed by atoms with Gasteiger partial charge in [-0.25, -0.2) is 0 Å². The lowest BCUT2D eigenvalue weighted by atomic mass is 9.90. The van der Waals surface area contributed by atoms with E-state index in [2.05, 4.69) is 5.32 Å². The Hall–Kier alpha value is -0.0800. The fourth-order valence-corrected chi connectivity index (χ4v) is 1.78. The lowest BCUT2D eigenvalue weighted by molar-refractivity contribution is -0.00121. The van der Waals surface area contributed by atoms with Gasteiger partial charge in [0.15, 0.2) is 0 Å². The van der Waals surface area contributed by atoms with Gasteiger partial charge in [0.05, 0.1) is 13.2 Å². The molecule has 2 aliphatic heterocycles. The predicted molar refractivity (Wildman–Crippen MR) is 35.3 cm³/mol. The molecular weight excluding hydrogens is 114 g/mol. The summed E-state index contributed by atoms with van der Waals surface area (Å²) in [6.07, 6.45) is 1.40. The van der Waals surface area contributed by atoms with E-state index in [0.29, 0.717) is 0 Å². The molecule has 2 nitrogen and oxygen atoms in total. The third-order valence-electron chi connectivity index (χ3n) is 2.24. The van der Waals surface area contributed by atoms with Crippen LogP contribution < -0.4 is 5.32 Å². The molecule has 52 valence electrons. The van der Waals surface area contributed by atoms with E-state index in [1.807, 2.05) is 0 Å². The Labute approximate surface area is 55.6 Å². The molecule has 0 unspecified atom stereocenters. The Kier molecular flexibility index (Phi) is 1.44. The summed E-state index contributed by atoms with van der Waals surface area (Å²) in [6, 6.07) is 0. The highest BCUT2D eigenvalue weighted by Gasteiger charge is 2.25. The average Bonchev–Trinajstić information content (AvgIpc) is 1.88. The van der Waals surface area contributed by atoms with Crippen molar-refractivity contribution in [2.24, 2.45) is 11.8 Å². The summed E-state index contributed by atoms with van der Waals surface area (Å²) in [5.41, 5.74) is 0. The summed E-state index contributed by atoms with van der Waals surface area (Å²) < 4.78 is 5.40. The van der Waals surface area contributed by atoms with Gasteiger partial charge < -0.3 is 10.1 Å². The number of hydrogen-bond acceptors (Lipinski definition) is 2. The molecule has 0 saturated carbocycles. The molecule has 9 heavy (non-hydrogen) atoms. The third-order valence-corrected chi connectivity index (χ3v) is 2.24. The normalized spacial score (nSPS) is 42.7. The maximum absolute atomic E-state index is 5.40. The van der Waals surface area contributed by atoms with Crippen LogP contribution in [0.15, 0.2) is 0 Å². The second kappa shape index (κ2) is 2.27. The molecule has 2 heterocycles. The first-order valence-corrected chi connectivity index (χ1v) is 3.73. The Bertz CT molecular complexity index is 85.1. The minimum atomic E-state index is 0.817. The molecular formula is C7H13NO. The molecule has 0 aromatic heterocycles. The van der Waals surface area contributed by atoms with E-state index in [9.17, 15) is 0 Å². The topological polar surface area (TPSA) is 21.3 Å². The minimum absolute atomic E-state index is 0.817. The second-order valence-electron chi connectivity index (χ2n) is 3.16. The fraction of sp³-hybridized carbons (Fsp3) is 1.00. The van der Waals surface area contributed by atoms with Gasteiger partial charge in [-0.05, 0) is 18.3 Å². The van der Waals surface area contributed by atoms with E-state index in [1.165, 1.54) is 19.5 Å². The lowest BCUT2D eigenvalue weighted by Gasteiger charge is -2.34. The van der Waals surface area contributed by atoms with Gasteiger partial charge in [0, 0.05) is 13.1 Å². The molecule has 0 spiro atoms. The monoisotopic (exact) mass is 127 g/mol. The van der Waals surface area contributed by atoms with Crippen LogP contribution in [0.5, 0.6) is 0 Å². The number of ether oxygens (including phenoxy) is 1. The molecule has 2 heteroatoms. The summed E-state index contributed by atoms with van der Waals surface area (Å²) in [7, 11) is 0. The SMILES string of the molecule is C1NC[C@H]2COC[C@@H]1C2. The molecule has 2 rings (SSSR count). The van der Waals surface area contributed by atoms with Crippen LogP contribution in [0.4, 0.5) is 0 Å². The van der Waals surface area contributed by atoms with Crippen LogP contribution in [-0.4, -0.2) is 26.3 Å². The largest absolute Gasteiger partial charge is 0.381 e. The quantitative estimate of drug-likeness (QED) is 0.503. The van der Waals surface area contributed by atoms with Gasteiger partial charge in [-0.1, -0.05) is 0 Å². The summed E-state index contributed by atoms with van der Waals surface area (Å²) in [6.45, 7) is 4.33. The van der Waals surface area contributed by atoms with Crippen LogP contribution in [0.2, 0.25) is 0 Å². The molecule has 2 aliphatic rings. The molecule has 0 aromatic rings. The van der Waals surface area contributed by atoms with Gasteiger partial charge >= 0.3 is 0 Å². The first kappa shape index (κ1) is 5.69. The van der Waals surface area contributed by atoms with Gasteiger partial charge in [0.25, 0.3) is 0 Å². The highest BCUT2D eigenvalue weighted by Crippen LogP contribution is 2.21. The molecule has 0 aliphatic carbocycles. The average molecular weight is 127 g/mol. The highest BCUT2D eigenvalue weighted by atomic mass is 16.5. The van der Waals surface area contributed by atoms with E-state index in [4.69, 9.17) is 4.74 Å². The molecule has 2 saturated heterocycles. The Morgan fingerprint density at radius 2 is 1.78 bits per heavy atom. The van der Waals surface area contributed by atoms with Crippen molar-refractivity contribution in [2.45, 2.75) is 6.42 Å². The van der Waals surface area contributed by atoms with Crippen molar-refractivity contribution in [1.82, 2.24) is 5.32 Å². The molecule has 2 fully saturated rings. The zero-order valence-electron chi connectivity index (χ0n) is 5.60. The van der Waals surface area contributed by atoms with Gasteiger partial charge in [0.2, 0.25) is 0 Å². The first-order chi connectivity index (χ1) is 4.45. The zero-order chi connectivity index (χ0) is 6.10. The van der Waals surface area contributed by atoms with Crippen molar-refractivity contribution < 1.29 is 4.74 Å². The fourth-order valence-electron chi connectivity index (χ4n) is 1.78. The third kappa shape index (κ3) is 1.10. The smallest absolute Gasteiger partial charge is 0.0506 e. The number of fused-ring (bicyclic) bond motifs is 2. The molecule has 2 atom stereocenters. The summed E-state index contributed by atoms with van der Waals surface area (Å²) in [5.74, 6) is 1.63. The maximum Gasteiger partial charge on any atom is 0.0506 e. The number of hydrogen-bond donors (Lipinski definition) is 1. The number of nitrogens with one attached hydrogen (secondary N) is 1. The van der Waals surface area contributed by atoms with Crippen molar-refractivity contribution in [1.29, 1.82) is 0 Å². The van der Waals surface area contributed by atoms with Gasteiger partial charge in [0.1, 0.15) is 0 Å². The number of rotatable bonds is 0. The van der Waals surface area contributed by atoms with Crippen molar-refractivity contribution in [3.63, 3.8) is 0 Å². The Morgan fingerprint density at radius 3 is 2.33 bits per heavy atom. The van der Waals surface area contributed by atoms with Crippen molar-refractivity contribution >= 4 is 0 Å². The second-order valence-corrected chi connectivity index (χ2v) is 3.16. The van der Waals surface area contributed by atoms with Gasteiger partial charge in [-0.2, -0.15) is 0 Å². The lowest BCUT2D eigenvalue weighted by Crippen LogP contribution is -2.43. The summed E-state index contributed by atoms with van der Waals surface area (Å²) >= 11 is 0. The Balaban J connectivity index is 1.96. The van der Waals surface area contributed by atoms with E-state index >= 15 is 0 Å². The van der Waals surface area contributed by atoms with Crippen LogP contribution in [0.1, 0.15) is 6.42 Å². The molecule has 1 N–H and O–H groups in total. The standard InChI is InChI=1S/C7H13NO/c1-6-2-8-3-7(1)5-9-4-6/h6-8H,1-5H2/t6-,7+. The van der Waals surface area contributed by atoms with Crippen LogP contribution in [0, 0.1) is 11.8 Å². The van der Waals surface area contributed by atoms with Crippen LogP contribution >= 0.6 is 0 Å². The van der Waals surface area contributed by atoms with Crippen LogP contribution in [0.3, 0.4) is 0 Å². The molecule has 0 radical (unpaired) electrons. The van der Waals surface area contributed by atoms with Crippen molar-refractivity contribution in [2.75, 3.05) is 26.3 Å². The van der Waals surface area contributed by atoms with E-state index in [-0.39, 0.29) is 0 Å². The van der Waals surface area contributed by atoms with Gasteiger partial charge in [-0.15, -0.1) is 0 Å². The minimum Gasteiger partial charge on any atom is -0.381 e. The van der Waals surface area contributed by atoms with Gasteiger partial charge in [-0.3, -0.25) is 0 Å². The predicted octanol–water partition coefficient (Wildman–Crippen LogP) is 0.242. The highest BCUT2D eigenvalue weighted by molar-refractivity contribution is 4.78. The van der Waals surface area contributed by atoms with Crippen LogP contribution in [-0.2, 0) is 4.74 Å². The zero-order valence-corrected chi connectivity index (χ0v) is 5.60. The van der Waals surface area contributed by atoms with Crippen LogP contribution in [0.25, 0.3) is 0 Å².